The third-order valence-corrected chi connectivity index (χ3v) is 5.41. The van der Waals surface area contributed by atoms with Crippen molar-refractivity contribution in [3.63, 3.8) is 0 Å². The zero-order valence-corrected chi connectivity index (χ0v) is 18.4. The van der Waals surface area contributed by atoms with E-state index < -0.39 is 23.7 Å². The highest BCUT2D eigenvalue weighted by atomic mass is 35.5. The van der Waals surface area contributed by atoms with E-state index in [1.54, 1.807) is 6.92 Å². The average molecular weight is 495 g/mol. The number of alkyl halides is 3. The van der Waals surface area contributed by atoms with Gasteiger partial charge in [0.25, 0.3) is 5.91 Å². The number of halogens is 4. The molecule has 1 amide bonds. The monoisotopic (exact) mass is 494 g/mol. The molecular weight excluding hydrogens is 477 g/mol. The van der Waals surface area contributed by atoms with Crippen LogP contribution < -0.4 is 5.32 Å². The molecular formula is C21H18ClF3N6O3. The van der Waals surface area contributed by atoms with Crippen LogP contribution in [0.25, 0.3) is 22.6 Å². The maximum absolute atomic E-state index is 12.9. The fraction of sp³-hybridized carbons (Fsp3) is 0.286. The lowest BCUT2D eigenvalue weighted by Gasteiger charge is -2.12. The summed E-state index contributed by atoms with van der Waals surface area (Å²) in [6.45, 7) is 1.62. The number of nitrogens with one attached hydrogen (secondary N) is 2. The molecule has 0 aliphatic carbocycles. The number of rotatable bonds is 7. The van der Waals surface area contributed by atoms with Crippen LogP contribution in [-0.2, 0) is 12.6 Å². The first-order chi connectivity index (χ1) is 16.2. The number of aryl methyl sites for hydroxylation is 1. The molecule has 0 unspecified atom stereocenters. The molecule has 0 saturated heterocycles. The van der Waals surface area contributed by atoms with E-state index >= 15 is 0 Å². The van der Waals surface area contributed by atoms with Crippen molar-refractivity contribution in [1.29, 1.82) is 0 Å². The van der Waals surface area contributed by atoms with Crippen LogP contribution in [0.1, 0.15) is 46.8 Å². The molecule has 0 fully saturated rings. The number of hydrogen-bond donors (Lipinski definition) is 3. The second-order valence-electron chi connectivity index (χ2n) is 7.44. The standard InChI is InChI=1S/C21H18ClF3N6O3/c1-10(28-20(33)18-17(22)13(3-2-6-32)26-9-27-18)14-8-16(34-31-14)19-29-12-5-4-11(21(23,24)25)7-15(12)30-19/h4-5,7-10,32H,2-3,6H2,1H3,(H,28,33)(H,29,30)/t10-/m0/s1. The molecule has 178 valence electrons. The second kappa shape index (κ2) is 9.39. The van der Waals surface area contributed by atoms with Gasteiger partial charge in [0, 0.05) is 12.7 Å². The molecule has 0 radical (unpaired) electrons. The molecule has 1 atom stereocenters. The minimum atomic E-state index is -4.47. The van der Waals surface area contributed by atoms with Gasteiger partial charge in [0.1, 0.15) is 17.7 Å². The van der Waals surface area contributed by atoms with Crippen molar-refractivity contribution in [1.82, 2.24) is 30.4 Å². The lowest BCUT2D eigenvalue weighted by atomic mass is 10.2. The van der Waals surface area contributed by atoms with Crippen LogP contribution in [0.5, 0.6) is 0 Å². The smallest absolute Gasteiger partial charge is 0.396 e. The topological polar surface area (TPSA) is 130 Å². The Balaban J connectivity index is 1.51. The Bertz CT molecular complexity index is 1340. The lowest BCUT2D eigenvalue weighted by molar-refractivity contribution is -0.137. The predicted molar refractivity (Wildman–Crippen MR) is 115 cm³/mol. The number of aromatic amines is 1. The van der Waals surface area contributed by atoms with Gasteiger partial charge in [-0.3, -0.25) is 4.79 Å². The van der Waals surface area contributed by atoms with Gasteiger partial charge in [-0.25, -0.2) is 15.0 Å². The molecule has 34 heavy (non-hydrogen) atoms. The van der Waals surface area contributed by atoms with Gasteiger partial charge in [-0.2, -0.15) is 13.2 Å². The van der Waals surface area contributed by atoms with Gasteiger partial charge in [-0.15, -0.1) is 0 Å². The Morgan fingerprint density at radius 3 is 2.82 bits per heavy atom. The molecule has 0 spiro atoms. The van der Waals surface area contributed by atoms with Crippen molar-refractivity contribution in [2.45, 2.75) is 32.0 Å². The SMILES string of the molecule is C[C@H](NC(=O)c1ncnc(CCCO)c1Cl)c1cc(-c2nc3ccc(C(F)(F)F)cc3[nH]2)on1. The Morgan fingerprint density at radius 1 is 1.29 bits per heavy atom. The van der Waals surface area contributed by atoms with Gasteiger partial charge in [0.2, 0.25) is 5.76 Å². The van der Waals surface area contributed by atoms with E-state index in [-0.39, 0.29) is 34.4 Å². The van der Waals surface area contributed by atoms with Gasteiger partial charge in [-0.05, 0) is 38.0 Å². The zero-order valence-electron chi connectivity index (χ0n) is 17.6. The first-order valence-corrected chi connectivity index (χ1v) is 10.5. The molecule has 4 aromatic rings. The van der Waals surface area contributed by atoms with E-state index in [1.165, 1.54) is 18.5 Å². The minimum Gasteiger partial charge on any atom is -0.396 e. The van der Waals surface area contributed by atoms with E-state index in [0.29, 0.717) is 29.7 Å². The highest BCUT2D eigenvalue weighted by Crippen LogP contribution is 2.32. The van der Waals surface area contributed by atoms with Crippen LogP contribution in [-0.4, -0.2) is 42.7 Å². The minimum absolute atomic E-state index is 0.0158. The number of carbonyl (C=O) groups excluding carboxylic acids is 1. The lowest BCUT2D eigenvalue weighted by Crippen LogP contribution is -2.28. The van der Waals surface area contributed by atoms with Crippen molar-refractivity contribution in [3.8, 4) is 11.6 Å². The molecule has 9 nitrogen and oxygen atoms in total. The number of H-pyrrole nitrogens is 1. The van der Waals surface area contributed by atoms with E-state index in [1.807, 2.05) is 0 Å². The first kappa shape index (κ1) is 23.6. The van der Waals surface area contributed by atoms with Crippen LogP contribution in [0, 0.1) is 0 Å². The molecule has 0 aliphatic heterocycles. The molecule has 3 aromatic heterocycles. The van der Waals surface area contributed by atoms with Crippen molar-refractivity contribution < 1.29 is 27.6 Å². The number of amides is 1. The number of benzene rings is 1. The van der Waals surface area contributed by atoms with Crippen LogP contribution in [0.2, 0.25) is 5.02 Å². The fourth-order valence-corrected chi connectivity index (χ4v) is 3.51. The number of carbonyl (C=O) groups is 1. The number of aliphatic hydroxyl groups is 1. The normalized spacial score (nSPS) is 12.8. The Hall–Kier alpha value is -3.51. The number of aliphatic hydroxyl groups excluding tert-OH is 1. The molecule has 4 rings (SSSR count). The van der Waals surface area contributed by atoms with Crippen molar-refractivity contribution >= 4 is 28.5 Å². The van der Waals surface area contributed by atoms with Crippen LogP contribution >= 0.6 is 11.6 Å². The van der Waals surface area contributed by atoms with Crippen LogP contribution in [0.3, 0.4) is 0 Å². The largest absolute Gasteiger partial charge is 0.416 e. The summed E-state index contributed by atoms with van der Waals surface area (Å²) in [6, 6.07) is 4.08. The molecule has 13 heteroatoms. The van der Waals surface area contributed by atoms with Gasteiger partial charge < -0.3 is 19.9 Å². The molecule has 0 saturated carbocycles. The summed E-state index contributed by atoms with van der Waals surface area (Å²) in [5, 5.41) is 15.7. The summed E-state index contributed by atoms with van der Waals surface area (Å²) in [6.07, 6.45) is -2.42. The van der Waals surface area contributed by atoms with Crippen molar-refractivity contribution in [3.05, 3.63) is 58.3 Å². The second-order valence-corrected chi connectivity index (χ2v) is 7.81. The summed E-state index contributed by atoms with van der Waals surface area (Å²) in [7, 11) is 0. The summed E-state index contributed by atoms with van der Waals surface area (Å²) in [5.74, 6) is -0.177. The Labute approximate surface area is 195 Å². The predicted octanol–water partition coefficient (Wildman–Crippen LogP) is 4.10. The number of nitrogens with zero attached hydrogens (tertiary/aromatic N) is 4. The number of imidazole rings is 1. The maximum Gasteiger partial charge on any atom is 0.416 e. The highest BCUT2D eigenvalue weighted by molar-refractivity contribution is 6.34. The Kier molecular flexibility index (Phi) is 6.53. The van der Waals surface area contributed by atoms with E-state index in [9.17, 15) is 18.0 Å². The summed E-state index contributed by atoms with van der Waals surface area (Å²) in [4.78, 5) is 27.7. The van der Waals surface area contributed by atoms with Gasteiger partial charge in [0.15, 0.2) is 5.82 Å². The molecule has 1 aromatic carbocycles. The fourth-order valence-electron chi connectivity index (χ4n) is 3.23. The van der Waals surface area contributed by atoms with Gasteiger partial charge in [-0.1, -0.05) is 16.8 Å². The Morgan fingerprint density at radius 2 is 2.09 bits per heavy atom. The van der Waals surface area contributed by atoms with E-state index in [2.05, 4.69) is 30.4 Å². The molecule has 0 bridgehead atoms. The number of fused-ring (bicyclic) bond motifs is 1. The van der Waals surface area contributed by atoms with Gasteiger partial charge in [0.05, 0.1) is 33.4 Å². The first-order valence-electron chi connectivity index (χ1n) is 10.1. The third-order valence-electron chi connectivity index (χ3n) is 5.01. The molecule has 3 heterocycles. The number of aromatic nitrogens is 5. The maximum atomic E-state index is 12.9. The average Bonchev–Trinajstić information content (AvgIpc) is 3.44. The van der Waals surface area contributed by atoms with Crippen LogP contribution in [0.4, 0.5) is 13.2 Å². The highest BCUT2D eigenvalue weighted by Gasteiger charge is 2.31. The van der Waals surface area contributed by atoms with Crippen molar-refractivity contribution in [2.75, 3.05) is 6.61 Å². The van der Waals surface area contributed by atoms with Crippen LogP contribution in [0.15, 0.2) is 35.1 Å². The van der Waals surface area contributed by atoms with Crippen molar-refractivity contribution in [2.24, 2.45) is 0 Å². The zero-order chi connectivity index (χ0) is 24.5. The summed E-state index contributed by atoms with van der Waals surface area (Å²) < 4.78 is 44.1. The molecule has 0 aliphatic rings. The van der Waals surface area contributed by atoms with E-state index in [0.717, 1.165) is 12.1 Å². The summed E-state index contributed by atoms with van der Waals surface area (Å²) in [5.41, 5.74) is 0.513. The van der Waals surface area contributed by atoms with Gasteiger partial charge >= 0.3 is 6.18 Å². The quantitative estimate of drug-likeness (QED) is 0.352. The number of hydrogen-bond acceptors (Lipinski definition) is 7. The summed E-state index contributed by atoms with van der Waals surface area (Å²) >= 11 is 6.25. The third kappa shape index (κ3) is 4.87. The van der Waals surface area contributed by atoms with E-state index in [4.69, 9.17) is 21.2 Å². The molecule has 3 N–H and O–H groups in total.